The van der Waals surface area contributed by atoms with Crippen molar-refractivity contribution in [3.8, 4) is 11.8 Å². The molecule has 0 aromatic heterocycles. The number of carbonyl (C=O) groups excluding carboxylic acids is 1. The lowest BCUT2D eigenvalue weighted by atomic mass is 10.1. The third-order valence-corrected chi connectivity index (χ3v) is 1.92. The van der Waals surface area contributed by atoms with Gasteiger partial charge in [0.15, 0.2) is 11.6 Å². The number of nitrogens with zero attached hydrogens (tertiary/aromatic N) is 1. The second-order valence-electron chi connectivity index (χ2n) is 3.01. The highest BCUT2D eigenvalue weighted by atomic mass is 19.3. The predicted octanol–water partition coefficient (Wildman–Crippen LogP) is 2.48. The first-order chi connectivity index (χ1) is 8.51. The van der Waals surface area contributed by atoms with Crippen molar-refractivity contribution in [3.63, 3.8) is 0 Å². The number of carbonyl (C=O) groups is 1. The largest absolute Gasteiger partial charge is 0.462 e. The van der Waals surface area contributed by atoms with Crippen LogP contribution in [0.4, 0.5) is 13.2 Å². The summed E-state index contributed by atoms with van der Waals surface area (Å²) in [6, 6.07) is 3.47. The minimum atomic E-state index is -3.30. The zero-order valence-electron chi connectivity index (χ0n) is 9.25. The molecular weight excluding hydrogens is 251 g/mol. The molecule has 0 aliphatic rings. The summed E-state index contributed by atoms with van der Waals surface area (Å²) in [6.07, 6.45) is 0. The summed E-state index contributed by atoms with van der Waals surface area (Å²) in [7, 11) is 0. The van der Waals surface area contributed by atoms with Crippen molar-refractivity contribution in [3.05, 3.63) is 29.1 Å². The number of hydrogen-bond acceptors (Lipinski definition) is 4. The molecule has 0 amide bonds. The normalized spacial score (nSPS) is 10.0. The third kappa shape index (κ3) is 2.91. The van der Waals surface area contributed by atoms with E-state index in [1.54, 1.807) is 0 Å². The van der Waals surface area contributed by atoms with Crippen LogP contribution in [0.25, 0.3) is 0 Å². The number of ether oxygens (including phenoxy) is 2. The maximum atomic E-state index is 13.7. The molecule has 1 aromatic rings. The maximum absolute atomic E-state index is 13.7. The van der Waals surface area contributed by atoms with Gasteiger partial charge in [0, 0.05) is 0 Å². The van der Waals surface area contributed by atoms with E-state index in [0.29, 0.717) is 0 Å². The number of esters is 1. The molecular formula is C11H8F3NO3. The number of nitriles is 1. The summed E-state index contributed by atoms with van der Waals surface area (Å²) >= 11 is 0. The van der Waals surface area contributed by atoms with Gasteiger partial charge in [-0.1, -0.05) is 0 Å². The lowest BCUT2D eigenvalue weighted by Crippen LogP contribution is -2.11. The molecule has 0 saturated heterocycles. The fraction of sp³-hybridized carbons (Fsp3) is 0.273. The Hall–Kier alpha value is -2.23. The zero-order valence-corrected chi connectivity index (χ0v) is 9.25. The topological polar surface area (TPSA) is 59.3 Å². The van der Waals surface area contributed by atoms with Crippen molar-refractivity contribution in [1.82, 2.24) is 0 Å². The van der Waals surface area contributed by atoms with Crippen LogP contribution in [-0.2, 0) is 4.74 Å². The van der Waals surface area contributed by atoms with Crippen LogP contribution in [0.1, 0.15) is 22.8 Å². The Bertz CT molecular complexity index is 497. The van der Waals surface area contributed by atoms with Crippen molar-refractivity contribution < 1.29 is 27.4 Å². The van der Waals surface area contributed by atoms with E-state index >= 15 is 0 Å². The van der Waals surface area contributed by atoms with Crippen LogP contribution in [0.15, 0.2) is 12.1 Å². The van der Waals surface area contributed by atoms with Crippen molar-refractivity contribution in [2.75, 3.05) is 6.61 Å². The van der Waals surface area contributed by atoms with E-state index in [0.717, 1.165) is 12.1 Å². The maximum Gasteiger partial charge on any atom is 0.387 e. The fourth-order valence-corrected chi connectivity index (χ4v) is 1.21. The fourth-order valence-electron chi connectivity index (χ4n) is 1.21. The first kappa shape index (κ1) is 13.8. The number of hydrogen-bond donors (Lipinski definition) is 0. The molecule has 0 spiro atoms. The van der Waals surface area contributed by atoms with Gasteiger partial charge in [-0.25, -0.2) is 9.18 Å². The zero-order chi connectivity index (χ0) is 13.7. The van der Waals surface area contributed by atoms with Crippen molar-refractivity contribution in [1.29, 1.82) is 5.26 Å². The number of benzene rings is 1. The van der Waals surface area contributed by atoms with E-state index in [9.17, 15) is 18.0 Å². The Morgan fingerprint density at radius 2 is 2.17 bits per heavy atom. The van der Waals surface area contributed by atoms with Gasteiger partial charge in [0.1, 0.15) is 6.07 Å². The number of rotatable bonds is 4. The van der Waals surface area contributed by atoms with E-state index in [-0.39, 0.29) is 6.61 Å². The molecule has 0 heterocycles. The molecule has 0 aliphatic heterocycles. The van der Waals surface area contributed by atoms with Crippen molar-refractivity contribution >= 4 is 5.97 Å². The average Bonchev–Trinajstić information content (AvgIpc) is 2.31. The van der Waals surface area contributed by atoms with Crippen LogP contribution >= 0.6 is 0 Å². The van der Waals surface area contributed by atoms with E-state index in [1.807, 2.05) is 0 Å². The van der Waals surface area contributed by atoms with Crippen molar-refractivity contribution in [2.45, 2.75) is 13.5 Å². The molecule has 0 atom stereocenters. The van der Waals surface area contributed by atoms with E-state index in [2.05, 4.69) is 9.47 Å². The first-order valence-corrected chi connectivity index (χ1v) is 4.85. The Balaban J connectivity index is 3.25. The SMILES string of the molecule is CCOC(=O)c1ccc(C#N)c(OC(F)F)c1F. The average molecular weight is 259 g/mol. The van der Waals surface area contributed by atoms with Gasteiger partial charge in [0.05, 0.1) is 17.7 Å². The van der Waals surface area contributed by atoms with E-state index in [1.165, 1.54) is 13.0 Å². The second-order valence-corrected chi connectivity index (χ2v) is 3.01. The monoisotopic (exact) mass is 259 g/mol. The van der Waals surface area contributed by atoms with Gasteiger partial charge < -0.3 is 9.47 Å². The van der Waals surface area contributed by atoms with Gasteiger partial charge in [-0.15, -0.1) is 0 Å². The molecule has 0 aliphatic carbocycles. The highest BCUT2D eigenvalue weighted by Crippen LogP contribution is 2.27. The second kappa shape index (κ2) is 5.91. The lowest BCUT2D eigenvalue weighted by Gasteiger charge is -2.10. The Labute approximate surface area is 101 Å². The van der Waals surface area contributed by atoms with E-state index in [4.69, 9.17) is 5.26 Å². The van der Waals surface area contributed by atoms with Crippen LogP contribution in [0, 0.1) is 17.1 Å². The molecule has 0 N–H and O–H groups in total. The standard InChI is InChI=1S/C11H8F3NO3/c1-2-17-10(16)7-4-3-6(5-15)9(8(7)12)18-11(13)14/h3-4,11H,2H2,1H3. The lowest BCUT2D eigenvalue weighted by molar-refractivity contribution is -0.0525. The highest BCUT2D eigenvalue weighted by molar-refractivity contribution is 5.90. The quantitative estimate of drug-likeness (QED) is 0.779. The van der Waals surface area contributed by atoms with Crippen LogP contribution in [0.2, 0.25) is 0 Å². The smallest absolute Gasteiger partial charge is 0.387 e. The van der Waals surface area contributed by atoms with Crippen LogP contribution < -0.4 is 4.74 Å². The summed E-state index contributed by atoms with van der Waals surface area (Å²) in [5.74, 6) is -3.32. The molecule has 0 bridgehead atoms. The van der Waals surface area contributed by atoms with Crippen LogP contribution in [-0.4, -0.2) is 19.2 Å². The number of alkyl halides is 2. The summed E-state index contributed by atoms with van der Waals surface area (Å²) in [5.41, 5.74) is -0.993. The number of halogens is 3. The van der Waals surface area contributed by atoms with Crippen molar-refractivity contribution in [2.24, 2.45) is 0 Å². The molecule has 0 unspecified atom stereocenters. The Morgan fingerprint density at radius 1 is 1.50 bits per heavy atom. The van der Waals surface area contributed by atoms with Gasteiger partial charge in [0.25, 0.3) is 0 Å². The Morgan fingerprint density at radius 3 is 2.67 bits per heavy atom. The molecule has 4 nitrogen and oxygen atoms in total. The Kier molecular flexibility index (Phi) is 4.54. The predicted molar refractivity (Wildman–Crippen MR) is 53.7 cm³/mol. The molecule has 0 radical (unpaired) electrons. The third-order valence-electron chi connectivity index (χ3n) is 1.92. The minimum absolute atomic E-state index is 0.00329. The molecule has 7 heteroatoms. The van der Waals surface area contributed by atoms with Gasteiger partial charge >= 0.3 is 12.6 Å². The van der Waals surface area contributed by atoms with Gasteiger partial charge in [-0.05, 0) is 19.1 Å². The summed E-state index contributed by atoms with van der Waals surface area (Å²) in [5, 5.41) is 8.63. The van der Waals surface area contributed by atoms with Gasteiger partial charge in [0.2, 0.25) is 0 Å². The van der Waals surface area contributed by atoms with Crippen LogP contribution in [0.3, 0.4) is 0 Å². The van der Waals surface area contributed by atoms with Gasteiger partial charge in [-0.2, -0.15) is 14.0 Å². The molecule has 1 aromatic carbocycles. The van der Waals surface area contributed by atoms with Gasteiger partial charge in [-0.3, -0.25) is 0 Å². The molecule has 0 fully saturated rings. The highest BCUT2D eigenvalue weighted by Gasteiger charge is 2.22. The van der Waals surface area contributed by atoms with E-state index < -0.39 is 35.3 Å². The summed E-state index contributed by atoms with van der Waals surface area (Å²) < 4.78 is 46.3. The summed E-state index contributed by atoms with van der Waals surface area (Å²) in [6.45, 7) is -1.79. The minimum Gasteiger partial charge on any atom is -0.462 e. The van der Waals surface area contributed by atoms with Crippen LogP contribution in [0.5, 0.6) is 5.75 Å². The summed E-state index contributed by atoms with van der Waals surface area (Å²) in [4.78, 5) is 11.3. The molecule has 0 saturated carbocycles. The molecule has 1 rings (SSSR count). The molecule has 18 heavy (non-hydrogen) atoms. The first-order valence-electron chi connectivity index (χ1n) is 4.85. The molecule has 96 valence electrons.